The van der Waals surface area contributed by atoms with Crippen LogP contribution in [-0.2, 0) is 4.74 Å². The molecule has 0 aromatic heterocycles. The van der Waals surface area contributed by atoms with E-state index in [2.05, 4.69) is 0 Å². The van der Waals surface area contributed by atoms with Crippen LogP contribution in [0.2, 0.25) is 0 Å². The van der Waals surface area contributed by atoms with Crippen molar-refractivity contribution < 1.29 is 13.5 Å². The quantitative estimate of drug-likeness (QED) is 0.664. The molecule has 13 heavy (non-hydrogen) atoms. The zero-order chi connectivity index (χ0) is 9.52. The zero-order valence-corrected chi connectivity index (χ0v) is 7.77. The summed E-state index contributed by atoms with van der Waals surface area (Å²) < 4.78 is 29.8. The molecular formula is C10H16F2O. The fourth-order valence-corrected chi connectivity index (χ4v) is 1.55. The number of allylic oxidation sites excluding steroid dienone is 2. The third-order valence-corrected chi connectivity index (χ3v) is 2.23. The predicted octanol–water partition coefficient (Wildman–Crippen LogP) is 3.16. The highest BCUT2D eigenvalue weighted by atomic mass is 19.1. The van der Waals surface area contributed by atoms with Crippen LogP contribution >= 0.6 is 0 Å². The lowest BCUT2D eigenvalue weighted by Crippen LogP contribution is -2.15. The van der Waals surface area contributed by atoms with Crippen molar-refractivity contribution in [2.24, 2.45) is 0 Å². The maximum absolute atomic E-state index is 12.8. The number of hydrogen-bond acceptors (Lipinski definition) is 1. The molecule has 1 aliphatic carbocycles. The summed E-state index contributed by atoms with van der Waals surface area (Å²) in [6.45, 7) is -0.252. The summed E-state index contributed by atoms with van der Waals surface area (Å²) in [5.74, 6) is -0.0102. The number of hydrogen-bond donors (Lipinski definition) is 0. The smallest absolute Gasteiger partial charge is 0.113 e. The van der Waals surface area contributed by atoms with Crippen molar-refractivity contribution in [1.82, 2.24) is 0 Å². The Morgan fingerprint density at radius 2 is 2.31 bits per heavy atom. The van der Waals surface area contributed by atoms with Crippen LogP contribution in [-0.4, -0.2) is 19.4 Å². The van der Waals surface area contributed by atoms with Crippen LogP contribution in [0.15, 0.2) is 11.9 Å². The molecule has 1 nitrogen and oxygen atoms in total. The van der Waals surface area contributed by atoms with Crippen molar-refractivity contribution in [3.05, 3.63) is 11.9 Å². The highest BCUT2D eigenvalue weighted by molar-refractivity contribution is 4.93. The standard InChI is InChI=1S/C10H16F2O/c11-7-8-13-10-5-1-3-9(12)4-2-6-10/h3,10H,1-2,4-8H2. The normalized spacial score (nSPS) is 24.8. The average molecular weight is 190 g/mol. The Balaban J connectivity index is 2.26. The lowest BCUT2D eigenvalue weighted by molar-refractivity contribution is 0.0319. The second-order valence-electron chi connectivity index (χ2n) is 3.30. The van der Waals surface area contributed by atoms with E-state index >= 15 is 0 Å². The van der Waals surface area contributed by atoms with Crippen LogP contribution in [0.4, 0.5) is 8.78 Å². The average Bonchev–Trinajstić information content (AvgIpc) is 2.09. The van der Waals surface area contributed by atoms with Gasteiger partial charge in [-0.3, -0.25) is 0 Å². The molecule has 0 aliphatic heterocycles. The Morgan fingerprint density at radius 1 is 1.46 bits per heavy atom. The van der Waals surface area contributed by atoms with Gasteiger partial charge >= 0.3 is 0 Å². The zero-order valence-electron chi connectivity index (χ0n) is 7.77. The molecule has 0 aromatic rings. The van der Waals surface area contributed by atoms with Gasteiger partial charge in [-0.2, -0.15) is 0 Å². The second-order valence-corrected chi connectivity index (χ2v) is 3.30. The maximum atomic E-state index is 12.8. The van der Waals surface area contributed by atoms with Gasteiger partial charge in [0, 0.05) is 0 Å². The van der Waals surface area contributed by atoms with Crippen LogP contribution < -0.4 is 0 Å². The Bertz CT molecular complexity index is 168. The molecule has 0 radical (unpaired) electrons. The first-order valence-electron chi connectivity index (χ1n) is 4.85. The Labute approximate surface area is 77.8 Å². The molecule has 0 saturated heterocycles. The van der Waals surface area contributed by atoms with Crippen molar-refractivity contribution >= 4 is 0 Å². The van der Waals surface area contributed by atoms with Gasteiger partial charge in [0.25, 0.3) is 0 Å². The maximum Gasteiger partial charge on any atom is 0.113 e. The van der Waals surface area contributed by atoms with E-state index < -0.39 is 6.67 Å². The molecule has 0 saturated carbocycles. The van der Waals surface area contributed by atoms with Gasteiger partial charge < -0.3 is 4.74 Å². The number of rotatable bonds is 3. The highest BCUT2D eigenvalue weighted by Gasteiger charge is 2.11. The number of alkyl halides is 1. The highest BCUT2D eigenvalue weighted by Crippen LogP contribution is 2.20. The van der Waals surface area contributed by atoms with E-state index in [1.165, 1.54) is 0 Å². The molecular weight excluding hydrogens is 174 g/mol. The summed E-state index contributed by atoms with van der Waals surface area (Å²) in [5.41, 5.74) is 0. The van der Waals surface area contributed by atoms with E-state index in [0.717, 1.165) is 19.3 Å². The molecule has 3 heteroatoms. The lowest BCUT2D eigenvalue weighted by Gasteiger charge is -2.17. The summed E-state index contributed by atoms with van der Waals surface area (Å²) >= 11 is 0. The number of halogens is 2. The third kappa shape index (κ3) is 4.36. The van der Waals surface area contributed by atoms with Crippen molar-refractivity contribution in [2.45, 2.75) is 38.2 Å². The SMILES string of the molecule is FCCOC1CCC=C(F)CCC1. The molecule has 0 fully saturated rings. The summed E-state index contributed by atoms with van der Waals surface area (Å²) in [4.78, 5) is 0. The summed E-state index contributed by atoms with van der Waals surface area (Å²) in [7, 11) is 0. The van der Waals surface area contributed by atoms with Crippen LogP contribution in [0.5, 0.6) is 0 Å². The van der Waals surface area contributed by atoms with Crippen molar-refractivity contribution in [3.8, 4) is 0 Å². The van der Waals surface area contributed by atoms with E-state index in [1.807, 2.05) is 0 Å². The Morgan fingerprint density at radius 3 is 3.08 bits per heavy atom. The van der Waals surface area contributed by atoms with Crippen LogP contribution in [0, 0.1) is 0 Å². The first-order chi connectivity index (χ1) is 6.33. The van der Waals surface area contributed by atoms with E-state index in [4.69, 9.17) is 4.74 Å². The minimum atomic E-state index is -0.430. The molecule has 1 unspecified atom stereocenters. The van der Waals surface area contributed by atoms with E-state index in [-0.39, 0.29) is 18.5 Å². The van der Waals surface area contributed by atoms with Gasteiger partial charge in [-0.05, 0) is 32.1 Å². The summed E-state index contributed by atoms with van der Waals surface area (Å²) in [6, 6.07) is 0. The topological polar surface area (TPSA) is 9.23 Å². The van der Waals surface area contributed by atoms with Gasteiger partial charge in [0.2, 0.25) is 0 Å². The molecule has 0 amide bonds. The third-order valence-electron chi connectivity index (χ3n) is 2.23. The summed E-state index contributed by atoms with van der Waals surface area (Å²) in [6.07, 6.45) is 5.43. The molecule has 0 aromatic carbocycles. The fraction of sp³-hybridized carbons (Fsp3) is 0.800. The van der Waals surface area contributed by atoms with Crippen LogP contribution in [0.3, 0.4) is 0 Å². The molecule has 0 bridgehead atoms. The molecule has 1 atom stereocenters. The van der Waals surface area contributed by atoms with Gasteiger partial charge in [-0.15, -0.1) is 0 Å². The largest absolute Gasteiger partial charge is 0.375 e. The minimum Gasteiger partial charge on any atom is -0.375 e. The van der Waals surface area contributed by atoms with E-state index in [1.54, 1.807) is 6.08 Å². The van der Waals surface area contributed by atoms with Crippen LogP contribution in [0.25, 0.3) is 0 Å². The van der Waals surface area contributed by atoms with Gasteiger partial charge in [0.05, 0.1) is 18.5 Å². The van der Waals surface area contributed by atoms with Gasteiger partial charge in [0.1, 0.15) is 6.67 Å². The van der Waals surface area contributed by atoms with Gasteiger partial charge in [-0.25, -0.2) is 8.78 Å². The van der Waals surface area contributed by atoms with Crippen LogP contribution in [0.1, 0.15) is 32.1 Å². The van der Waals surface area contributed by atoms with E-state index in [0.29, 0.717) is 12.8 Å². The van der Waals surface area contributed by atoms with E-state index in [9.17, 15) is 8.78 Å². The van der Waals surface area contributed by atoms with Crippen molar-refractivity contribution in [1.29, 1.82) is 0 Å². The minimum absolute atomic E-state index is 0.0102. The predicted molar refractivity (Wildman–Crippen MR) is 48.0 cm³/mol. The molecule has 0 heterocycles. The molecule has 1 aliphatic rings. The summed E-state index contributed by atoms with van der Waals surface area (Å²) in [5, 5.41) is 0. The second kappa shape index (κ2) is 6.08. The first-order valence-corrected chi connectivity index (χ1v) is 4.85. The lowest BCUT2D eigenvalue weighted by atomic mass is 10.0. The molecule has 0 spiro atoms. The molecule has 1 rings (SSSR count). The monoisotopic (exact) mass is 190 g/mol. The van der Waals surface area contributed by atoms with Crippen molar-refractivity contribution in [2.75, 3.05) is 13.3 Å². The molecule has 76 valence electrons. The first kappa shape index (κ1) is 10.6. The fourth-order valence-electron chi connectivity index (χ4n) is 1.55. The van der Waals surface area contributed by atoms with Crippen molar-refractivity contribution in [3.63, 3.8) is 0 Å². The van der Waals surface area contributed by atoms with Gasteiger partial charge in [-0.1, -0.05) is 6.08 Å². The van der Waals surface area contributed by atoms with Gasteiger partial charge in [0.15, 0.2) is 0 Å². The Hall–Kier alpha value is -0.440. The number of ether oxygens (including phenoxy) is 1. The molecule has 0 N–H and O–H groups in total. The Kier molecular flexibility index (Phi) is 4.98.